The summed E-state index contributed by atoms with van der Waals surface area (Å²) in [7, 11) is 0. The Kier molecular flexibility index (Phi) is 31.0. The van der Waals surface area contributed by atoms with Gasteiger partial charge in [-0.3, -0.25) is 4.79 Å². The van der Waals surface area contributed by atoms with E-state index in [9.17, 15) is 35.4 Å². The molecule has 0 bridgehead atoms. The highest BCUT2D eigenvalue weighted by atomic mass is 16.7. The van der Waals surface area contributed by atoms with E-state index in [1.807, 2.05) is 6.08 Å². The smallest absolute Gasteiger partial charge is 0.249 e. The van der Waals surface area contributed by atoms with Crippen LogP contribution in [0.3, 0.4) is 0 Å². The molecule has 1 aliphatic heterocycles. The summed E-state index contributed by atoms with van der Waals surface area (Å²) in [6, 6.07) is -1.00. The standard InChI is InChI=1S/C43H77NO9/c1-3-5-7-9-11-13-15-17-18-19-20-22-24-26-28-30-32-37(47)42(51)44-35(34-52-43-41(50)40(49)39(48)38(33-45)53-43)36(46)31-29-27-25-23-21-16-14-12-10-8-6-4-2/h10,12,17-18,21,23,29,31,35-41,43,45-50H,3-9,11,13-16,19-20,22,24-28,30,32-34H2,1-2H3,(H,44,51)/b12-10+,18-17-,23-21+,31-29+. The summed E-state index contributed by atoms with van der Waals surface area (Å²) in [5, 5.41) is 64.4. The van der Waals surface area contributed by atoms with Crippen molar-refractivity contribution in [3.63, 3.8) is 0 Å². The van der Waals surface area contributed by atoms with Crippen molar-refractivity contribution >= 4 is 5.91 Å². The molecule has 308 valence electrons. The number of unbranched alkanes of at least 4 members (excludes halogenated alkanes) is 16. The highest BCUT2D eigenvalue weighted by molar-refractivity contribution is 5.80. The summed E-state index contributed by atoms with van der Waals surface area (Å²) >= 11 is 0. The molecule has 10 nitrogen and oxygen atoms in total. The highest BCUT2D eigenvalue weighted by Crippen LogP contribution is 2.22. The largest absolute Gasteiger partial charge is 0.394 e. The van der Waals surface area contributed by atoms with Gasteiger partial charge in [-0.15, -0.1) is 0 Å². The molecule has 10 heteroatoms. The average Bonchev–Trinajstić information content (AvgIpc) is 3.16. The molecule has 0 aliphatic carbocycles. The van der Waals surface area contributed by atoms with E-state index in [1.165, 1.54) is 70.6 Å². The van der Waals surface area contributed by atoms with Crippen LogP contribution in [0.2, 0.25) is 0 Å². The minimum atomic E-state index is -1.62. The predicted molar refractivity (Wildman–Crippen MR) is 213 cm³/mol. The fraction of sp³-hybridized carbons (Fsp3) is 0.791. The maximum absolute atomic E-state index is 13.0. The van der Waals surface area contributed by atoms with Gasteiger partial charge < -0.3 is 45.4 Å². The molecule has 8 atom stereocenters. The highest BCUT2D eigenvalue weighted by Gasteiger charge is 2.44. The molecule has 7 N–H and O–H groups in total. The second kappa shape index (κ2) is 33.4. The second-order valence-corrected chi connectivity index (χ2v) is 14.5. The van der Waals surface area contributed by atoms with Gasteiger partial charge in [-0.1, -0.05) is 140 Å². The monoisotopic (exact) mass is 752 g/mol. The zero-order valence-corrected chi connectivity index (χ0v) is 33.1. The number of nitrogens with one attached hydrogen (secondary N) is 1. The van der Waals surface area contributed by atoms with Crippen molar-refractivity contribution in [3.05, 3.63) is 48.6 Å². The van der Waals surface area contributed by atoms with Crippen LogP contribution < -0.4 is 5.32 Å². The molecule has 1 heterocycles. The van der Waals surface area contributed by atoms with E-state index in [0.717, 1.165) is 51.4 Å². The number of amides is 1. The minimum Gasteiger partial charge on any atom is -0.394 e. The third-order valence-corrected chi connectivity index (χ3v) is 9.71. The molecule has 0 aromatic carbocycles. The lowest BCUT2D eigenvalue weighted by Crippen LogP contribution is -2.60. The number of ether oxygens (including phenoxy) is 2. The van der Waals surface area contributed by atoms with Crippen LogP contribution in [-0.2, 0) is 14.3 Å². The van der Waals surface area contributed by atoms with E-state index >= 15 is 0 Å². The Morgan fingerprint density at radius 3 is 1.70 bits per heavy atom. The van der Waals surface area contributed by atoms with Crippen LogP contribution in [0.1, 0.15) is 155 Å². The molecule has 0 saturated carbocycles. The van der Waals surface area contributed by atoms with Crippen LogP contribution in [0.15, 0.2) is 48.6 Å². The number of aliphatic hydroxyl groups is 6. The molecule has 1 amide bonds. The average molecular weight is 752 g/mol. The van der Waals surface area contributed by atoms with Crippen molar-refractivity contribution in [2.45, 2.75) is 204 Å². The molecule has 0 radical (unpaired) electrons. The van der Waals surface area contributed by atoms with E-state index in [1.54, 1.807) is 6.08 Å². The molecule has 53 heavy (non-hydrogen) atoms. The first-order valence-corrected chi connectivity index (χ1v) is 21.0. The van der Waals surface area contributed by atoms with Gasteiger partial charge in [-0.25, -0.2) is 0 Å². The van der Waals surface area contributed by atoms with Crippen molar-refractivity contribution in [3.8, 4) is 0 Å². The van der Waals surface area contributed by atoms with Crippen LogP contribution in [0, 0.1) is 0 Å². The van der Waals surface area contributed by atoms with E-state index in [4.69, 9.17) is 9.47 Å². The number of rotatable bonds is 33. The fourth-order valence-electron chi connectivity index (χ4n) is 6.17. The number of carbonyl (C=O) groups excluding carboxylic acids is 1. The lowest BCUT2D eigenvalue weighted by atomic mass is 9.99. The second-order valence-electron chi connectivity index (χ2n) is 14.5. The van der Waals surface area contributed by atoms with Gasteiger partial charge in [0.1, 0.15) is 30.5 Å². The third-order valence-electron chi connectivity index (χ3n) is 9.71. The summed E-state index contributed by atoms with van der Waals surface area (Å²) < 4.78 is 11.1. The summed E-state index contributed by atoms with van der Waals surface area (Å²) in [6.07, 6.45) is 30.6. The number of hydrogen-bond acceptors (Lipinski definition) is 9. The van der Waals surface area contributed by atoms with Crippen LogP contribution in [-0.4, -0.2) is 98.7 Å². The molecule has 0 spiro atoms. The molecule has 1 saturated heterocycles. The number of allylic oxidation sites excluding steroid dienone is 7. The molecule has 1 rings (SSSR count). The summed E-state index contributed by atoms with van der Waals surface area (Å²) in [5.41, 5.74) is 0. The van der Waals surface area contributed by atoms with Crippen molar-refractivity contribution in [2.75, 3.05) is 13.2 Å². The minimum absolute atomic E-state index is 0.292. The van der Waals surface area contributed by atoms with Gasteiger partial charge in [0.05, 0.1) is 25.4 Å². The molecular formula is C43H77NO9. The van der Waals surface area contributed by atoms with Crippen molar-refractivity contribution in [1.82, 2.24) is 5.32 Å². The van der Waals surface area contributed by atoms with Crippen LogP contribution in [0.25, 0.3) is 0 Å². The molecule has 1 aliphatic rings. The maximum Gasteiger partial charge on any atom is 0.249 e. The zero-order chi connectivity index (χ0) is 38.9. The first-order valence-electron chi connectivity index (χ1n) is 21.0. The van der Waals surface area contributed by atoms with Gasteiger partial charge in [-0.05, 0) is 64.2 Å². The van der Waals surface area contributed by atoms with Gasteiger partial charge in [0.15, 0.2) is 6.29 Å². The van der Waals surface area contributed by atoms with Crippen LogP contribution >= 0.6 is 0 Å². The summed E-state index contributed by atoms with van der Waals surface area (Å²) in [6.45, 7) is 3.50. The first kappa shape index (κ1) is 49.1. The SMILES string of the molecule is CCCC/C=C/CC/C=C/CC/C=C/C(O)C(COC1OC(CO)C(O)C(O)C1O)NC(=O)C(O)CCCCCCCC/C=C\CCCCCCCC. The third kappa shape index (κ3) is 24.3. The maximum atomic E-state index is 13.0. The van der Waals surface area contributed by atoms with Crippen molar-refractivity contribution in [2.24, 2.45) is 0 Å². The number of hydrogen-bond donors (Lipinski definition) is 7. The van der Waals surface area contributed by atoms with Crippen LogP contribution in [0.5, 0.6) is 0 Å². The van der Waals surface area contributed by atoms with Gasteiger partial charge >= 0.3 is 0 Å². The molecule has 1 fully saturated rings. The van der Waals surface area contributed by atoms with Gasteiger partial charge in [0, 0.05) is 0 Å². The first-order chi connectivity index (χ1) is 25.8. The Labute approximate surface area is 321 Å². The Morgan fingerprint density at radius 2 is 1.13 bits per heavy atom. The molecule has 0 aromatic rings. The lowest BCUT2D eigenvalue weighted by Gasteiger charge is -2.40. The van der Waals surface area contributed by atoms with Crippen molar-refractivity contribution < 1.29 is 44.9 Å². The molecule has 8 unspecified atom stereocenters. The van der Waals surface area contributed by atoms with E-state index in [2.05, 4.69) is 55.6 Å². The van der Waals surface area contributed by atoms with E-state index in [-0.39, 0.29) is 6.61 Å². The normalized spacial score (nSPS) is 22.8. The Balaban J connectivity index is 2.50. The quantitative estimate of drug-likeness (QED) is 0.0280. The zero-order valence-electron chi connectivity index (χ0n) is 33.1. The molecular weight excluding hydrogens is 674 g/mol. The Bertz CT molecular complexity index is 985. The summed E-state index contributed by atoms with van der Waals surface area (Å²) in [5.74, 6) is -0.640. The molecule has 0 aromatic heterocycles. The summed E-state index contributed by atoms with van der Waals surface area (Å²) in [4.78, 5) is 13.0. The van der Waals surface area contributed by atoms with E-state index < -0.39 is 61.5 Å². The Morgan fingerprint density at radius 1 is 0.642 bits per heavy atom. The Hall–Kier alpha value is -1.89. The number of carbonyl (C=O) groups is 1. The predicted octanol–water partition coefficient (Wildman–Crippen LogP) is 6.86. The fourth-order valence-corrected chi connectivity index (χ4v) is 6.17. The topological polar surface area (TPSA) is 169 Å². The van der Waals surface area contributed by atoms with Gasteiger partial charge in [0.25, 0.3) is 0 Å². The van der Waals surface area contributed by atoms with Gasteiger partial charge in [0.2, 0.25) is 5.91 Å². The van der Waals surface area contributed by atoms with Crippen LogP contribution in [0.4, 0.5) is 0 Å². The van der Waals surface area contributed by atoms with Crippen molar-refractivity contribution in [1.29, 1.82) is 0 Å². The van der Waals surface area contributed by atoms with E-state index in [0.29, 0.717) is 19.3 Å². The number of aliphatic hydroxyl groups excluding tert-OH is 6. The lowest BCUT2D eigenvalue weighted by molar-refractivity contribution is -0.302. The van der Waals surface area contributed by atoms with Gasteiger partial charge in [-0.2, -0.15) is 0 Å².